The fourth-order valence-electron chi connectivity index (χ4n) is 3.40. The average Bonchev–Trinajstić information content (AvgIpc) is 3.29. The van der Waals surface area contributed by atoms with E-state index in [9.17, 15) is 9.59 Å². The van der Waals surface area contributed by atoms with Crippen molar-refractivity contribution in [3.05, 3.63) is 51.7 Å². The van der Waals surface area contributed by atoms with Gasteiger partial charge in [0.1, 0.15) is 5.75 Å². The molecule has 1 saturated carbocycles. The Morgan fingerprint density at radius 1 is 1.12 bits per heavy atom. The van der Waals surface area contributed by atoms with Crippen LogP contribution >= 0.6 is 11.3 Å². The first-order valence-corrected chi connectivity index (χ1v) is 9.18. The van der Waals surface area contributed by atoms with Crippen molar-refractivity contribution in [2.24, 2.45) is 0 Å². The lowest BCUT2D eigenvalue weighted by Crippen LogP contribution is -2.50. The Kier molecular flexibility index (Phi) is 5.08. The summed E-state index contributed by atoms with van der Waals surface area (Å²) in [5, 5.41) is 0. The molecule has 1 heterocycles. The molecule has 3 rings (SSSR count). The fourth-order valence-corrected chi connectivity index (χ4v) is 4.16. The van der Waals surface area contributed by atoms with Gasteiger partial charge in [-0.15, -0.1) is 11.3 Å². The molecule has 2 N–H and O–H groups in total. The van der Waals surface area contributed by atoms with Crippen molar-refractivity contribution in [1.82, 2.24) is 10.9 Å². The Labute approximate surface area is 151 Å². The first kappa shape index (κ1) is 17.5. The molecule has 5 nitrogen and oxygen atoms in total. The van der Waals surface area contributed by atoms with Crippen LogP contribution in [0.2, 0.25) is 0 Å². The summed E-state index contributed by atoms with van der Waals surface area (Å²) in [6, 6.07) is 11.3. The maximum absolute atomic E-state index is 12.9. The Balaban J connectivity index is 1.76. The molecule has 0 saturated heterocycles. The summed E-state index contributed by atoms with van der Waals surface area (Å²) in [7, 11) is 1.61. The number of thiophene rings is 1. The van der Waals surface area contributed by atoms with Crippen molar-refractivity contribution in [2.75, 3.05) is 7.11 Å². The van der Waals surface area contributed by atoms with Gasteiger partial charge < -0.3 is 4.74 Å². The number of carbonyl (C=O) groups is 2. The number of rotatable bonds is 4. The summed E-state index contributed by atoms with van der Waals surface area (Å²) in [6.45, 7) is 1.94. The summed E-state index contributed by atoms with van der Waals surface area (Å²) in [5.74, 6) is 0.278. The van der Waals surface area contributed by atoms with Crippen LogP contribution in [0.25, 0.3) is 0 Å². The van der Waals surface area contributed by atoms with Crippen LogP contribution in [0.15, 0.2) is 36.4 Å². The molecule has 1 aliphatic rings. The van der Waals surface area contributed by atoms with E-state index in [1.807, 2.05) is 37.3 Å². The zero-order chi connectivity index (χ0) is 17.9. The molecule has 2 aromatic rings. The van der Waals surface area contributed by atoms with E-state index in [0.717, 1.165) is 41.9 Å². The lowest BCUT2D eigenvalue weighted by molar-refractivity contribution is -0.127. The molecule has 0 spiro atoms. The van der Waals surface area contributed by atoms with Gasteiger partial charge in [-0.2, -0.15) is 0 Å². The van der Waals surface area contributed by atoms with Gasteiger partial charge in [0.25, 0.3) is 5.91 Å². The first-order valence-electron chi connectivity index (χ1n) is 8.37. The van der Waals surface area contributed by atoms with Gasteiger partial charge in [0.15, 0.2) is 0 Å². The monoisotopic (exact) mass is 358 g/mol. The molecule has 0 aliphatic heterocycles. The molecule has 0 unspecified atom stereocenters. The highest BCUT2D eigenvalue weighted by Gasteiger charge is 2.43. The van der Waals surface area contributed by atoms with E-state index in [4.69, 9.17) is 4.74 Å². The van der Waals surface area contributed by atoms with Crippen molar-refractivity contribution in [3.8, 4) is 5.75 Å². The molecule has 1 fully saturated rings. The predicted octanol–water partition coefficient (Wildman–Crippen LogP) is 3.34. The van der Waals surface area contributed by atoms with Crippen LogP contribution < -0.4 is 15.6 Å². The zero-order valence-electron chi connectivity index (χ0n) is 14.4. The second-order valence-corrected chi connectivity index (χ2v) is 7.63. The summed E-state index contributed by atoms with van der Waals surface area (Å²) in [5.41, 5.74) is 5.50. The Morgan fingerprint density at radius 2 is 1.88 bits per heavy atom. The minimum absolute atomic E-state index is 0.167. The summed E-state index contributed by atoms with van der Waals surface area (Å²) >= 11 is 1.40. The number of hydrogen-bond acceptors (Lipinski definition) is 4. The van der Waals surface area contributed by atoms with E-state index in [0.29, 0.717) is 4.88 Å². The Hall–Kier alpha value is -2.34. The van der Waals surface area contributed by atoms with Crippen molar-refractivity contribution >= 4 is 23.2 Å². The number of hydrazine groups is 1. The van der Waals surface area contributed by atoms with E-state index >= 15 is 0 Å². The third kappa shape index (κ3) is 3.54. The van der Waals surface area contributed by atoms with Crippen molar-refractivity contribution < 1.29 is 14.3 Å². The van der Waals surface area contributed by atoms with Crippen LogP contribution in [0.1, 0.15) is 45.8 Å². The highest BCUT2D eigenvalue weighted by atomic mass is 32.1. The van der Waals surface area contributed by atoms with Crippen molar-refractivity contribution in [1.29, 1.82) is 0 Å². The van der Waals surface area contributed by atoms with Crippen LogP contribution in [0.3, 0.4) is 0 Å². The molecule has 0 radical (unpaired) electrons. The van der Waals surface area contributed by atoms with Gasteiger partial charge >= 0.3 is 0 Å². The maximum Gasteiger partial charge on any atom is 0.279 e. The van der Waals surface area contributed by atoms with Gasteiger partial charge in [-0.3, -0.25) is 20.4 Å². The zero-order valence-corrected chi connectivity index (χ0v) is 15.2. The highest BCUT2D eigenvalue weighted by Crippen LogP contribution is 2.42. The summed E-state index contributed by atoms with van der Waals surface area (Å²) < 4.78 is 5.30. The minimum Gasteiger partial charge on any atom is -0.497 e. The lowest BCUT2D eigenvalue weighted by atomic mass is 9.78. The van der Waals surface area contributed by atoms with E-state index in [-0.39, 0.29) is 11.8 Å². The number of hydrogen-bond donors (Lipinski definition) is 2. The normalized spacial score (nSPS) is 15.6. The number of ether oxygens (including phenoxy) is 1. The Morgan fingerprint density at radius 3 is 2.52 bits per heavy atom. The number of benzene rings is 1. The van der Waals surface area contributed by atoms with E-state index in [2.05, 4.69) is 10.9 Å². The fraction of sp³-hybridized carbons (Fsp3) is 0.368. The van der Waals surface area contributed by atoms with Crippen LogP contribution in [0, 0.1) is 6.92 Å². The first-order chi connectivity index (χ1) is 12.0. The molecule has 25 heavy (non-hydrogen) atoms. The van der Waals surface area contributed by atoms with Gasteiger partial charge in [0.2, 0.25) is 5.91 Å². The van der Waals surface area contributed by atoms with E-state index < -0.39 is 5.41 Å². The third-order valence-corrected chi connectivity index (χ3v) is 5.77. The van der Waals surface area contributed by atoms with Gasteiger partial charge in [-0.05, 0) is 49.6 Å². The second-order valence-electron chi connectivity index (χ2n) is 6.34. The molecule has 1 aromatic carbocycles. The van der Waals surface area contributed by atoms with E-state index in [1.165, 1.54) is 11.3 Å². The van der Waals surface area contributed by atoms with Crippen molar-refractivity contribution in [2.45, 2.75) is 38.0 Å². The van der Waals surface area contributed by atoms with Gasteiger partial charge in [-0.25, -0.2) is 0 Å². The highest BCUT2D eigenvalue weighted by molar-refractivity contribution is 7.13. The second kappa shape index (κ2) is 7.27. The molecule has 132 valence electrons. The SMILES string of the molecule is COc1cccc(C2(C(=O)NNC(=O)c3ccc(C)s3)CCCC2)c1. The third-order valence-electron chi connectivity index (χ3n) is 4.77. The van der Waals surface area contributed by atoms with Crippen molar-refractivity contribution in [3.63, 3.8) is 0 Å². The Bertz CT molecular complexity index is 778. The maximum atomic E-state index is 12.9. The number of aryl methyl sites for hydroxylation is 1. The molecular formula is C19H22N2O3S. The number of methoxy groups -OCH3 is 1. The largest absolute Gasteiger partial charge is 0.497 e. The summed E-state index contributed by atoms with van der Waals surface area (Å²) in [4.78, 5) is 26.8. The van der Waals surface area contributed by atoms with Gasteiger partial charge in [-0.1, -0.05) is 25.0 Å². The predicted molar refractivity (Wildman–Crippen MR) is 97.8 cm³/mol. The number of nitrogens with one attached hydrogen (secondary N) is 2. The van der Waals surface area contributed by atoms with E-state index in [1.54, 1.807) is 13.2 Å². The molecule has 6 heteroatoms. The van der Waals surface area contributed by atoms with Crippen LogP contribution in [-0.2, 0) is 10.2 Å². The number of amides is 2. The average molecular weight is 358 g/mol. The van der Waals surface area contributed by atoms with Gasteiger partial charge in [0.05, 0.1) is 17.4 Å². The molecule has 0 bridgehead atoms. The molecule has 0 atom stereocenters. The van der Waals surface area contributed by atoms with Crippen LogP contribution in [-0.4, -0.2) is 18.9 Å². The van der Waals surface area contributed by atoms with Gasteiger partial charge in [0, 0.05) is 4.88 Å². The number of carbonyl (C=O) groups excluding carboxylic acids is 2. The molecule has 1 aromatic heterocycles. The lowest BCUT2D eigenvalue weighted by Gasteiger charge is -2.28. The summed E-state index contributed by atoms with van der Waals surface area (Å²) in [6.07, 6.45) is 3.51. The minimum atomic E-state index is -0.618. The quantitative estimate of drug-likeness (QED) is 0.824. The van der Waals surface area contributed by atoms with Crippen LogP contribution in [0.5, 0.6) is 5.75 Å². The topological polar surface area (TPSA) is 67.4 Å². The standard InChI is InChI=1S/C19H22N2O3S/c1-13-8-9-16(25-13)17(22)20-21-18(23)19(10-3-4-11-19)14-6-5-7-15(12-14)24-2/h5-9,12H,3-4,10-11H2,1-2H3,(H,20,22)(H,21,23). The molecule has 1 aliphatic carbocycles. The smallest absolute Gasteiger partial charge is 0.279 e. The molecule has 2 amide bonds. The molecular weight excluding hydrogens is 336 g/mol. The van der Waals surface area contributed by atoms with Crippen LogP contribution in [0.4, 0.5) is 0 Å².